The summed E-state index contributed by atoms with van der Waals surface area (Å²) in [7, 11) is 3.91. The van der Waals surface area contributed by atoms with E-state index in [-0.39, 0.29) is 18.8 Å². The number of likely N-dealkylation sites (N-methyl/N-ethyl adjacent to an activating group) is 1. The Morgan fingerprint density at radius 3 is 2.76 bits per heavy atom. The van der Waals surface area contributed by atoms with Gasteiger partial charge in [0.2, 0.25) is 0 Å². The van der Waals surface area contributed by atoms with Crippen molar-refractivity contribution >= 4 is 22.1 Å². The molecular formula is C33H31F3N8O. The molecule has 1 aliphatic rings. The Morgan fingerprint density at radius 2 is 1.93 bits per heavy atom. The summed E-state index contributed by atoms with van der Waals surface area (Å²) in [5.74, 6) is -2.58. The molecule has 6 aromatic rings. The third kappa shape index (κ3) is 6.11. The lowest BCUT2D eigenvalue weighted by molar-refractivity contribution is 0.0115. The van der Waals surface area contributed by atoms with Crippen LogP contribution in [0.4, 0.5) is 13.2 Å². The molecule has 1 fully saturated rings. The number of likely N-dealkylation sites (tertiary alicyclic amines) is 1. The quantitative estimate of drug-likeness (QED) is 0.202. The number of pyridine rings is 3. The van der Waals surface area contributed by atoms with Gasteiger partial charge in [0.05, 0.1) is 23.4 Å². The lowest BCUT2D eigenvalue weighted by Gasteiger charge is -2.15. The molecule has 0 amide bonds. The fourth-order valence-corrected chi connectivity index (χ4v) is 5.72. The number of halogens is 3. The average Bonchev–Trinajstić information content (AvgIpc) is 3.72. The first-order valence-electron chi connectivity index (χ1n) is 14.7. The molecule has 45 heavy (non-hydrogen) atoms. The summed E-state index contributed by atoms with van der Waals surface area (Å²) in [5, 5.41) is 8.40. The molecule has 0 atom stereocenters. The highest BCUT2D eigenvalue weighted by atomic mass is 19.3. The van der Waals surface area contributed by atoms with Crippen LogP contribution in [0.15, 0.2) is 67.1 Å². The van der Waals surface area contributed by atoms with Crippen molar-refractivity contribution in [1.29, 1.82) is 0 Å². The SMILES string of the molecule is CN(C)CCOc1cc(F)cc(-c2ccnc3[nH]c(-c4n[nH]c5ccc(-c6cncc(CN7CCC(F)(F)C7)c6)nc45)cc23)c1. The summed E-state index contributed by atoms with van der Waals surface area (Å²) >= 11 is 0. The monoisotopic (exact) mass is 612 g/mol. The minimum atomic E-state index is -2.64. The molecule has 12 heteroatoms. The van der Waals surface area contributed by atoms with E-state index in [1.165, 1.54) is 12.1 Å². The topological polar surface area (TPSA) is 98.8 Å². The van der Waals surface area contributed by atoms with Crippen LogP contribution in [0.2, 0.25) is 0 Å². The predicted molar refractivity (Wildman–Crippen MR) is 166 cm³/mol. The second kappa shape index (κ2) is 11.6. The van der Waals surface area contributed by atoms with Gasteiger partial charge in [-0.15, -0.1) is 0 Å². The van der Waals surface area contributed by atoms with Crippen LogP contribution < -0.4 is 4.74 Å². The Morgan fingerprint density at radius 1 is 1.04 bits per heavy atom. The maximum atomic E-state index is 14.7. The molecule has 1 aliphatic heterocycles. The summed E-state index contributed by atoms with van der Waals surface area (Å²) in [6, 6.07) is 14.2. The van der Waals surface area contributed by atoms with Crippen molar-refractivity contribution in [2.24, 2.45) is 0 Å². The molecule has 0 unspecified atom stereocenters. The van der Waals surface area contributed by atoms with Crippen molar-refractivity contribution in [1.82, 2.24) is 39.9 Å². The van der Waals surface area contributed by atoms with E-state index in [2.05, 4.69) is 25.1 Å². The van der Waals surface area contributed by atoms with Crippen LogP contribution in [0.25, 0.3) is 55.8 Å². The zero-order valence-corrected chi connectivity index (χ0v) is 24.8. The van der Waals surface area contributed by atoms with E-state index >= 15 is 0 Å². The Labute approximate surface area is 257 Å². The summed E-state index contributed by atoms with van der Waals surface area (Å²) in [6.45, 7) is 1.66. The number of hydrogen-bond donors (Lipinski definition) is 2. The molecule has 0 saturated carbocycles. The molecule has 0 spiro atoms. The number of nitrogens with zero attached hydrogens (tertiary/aromatic N) is 6. The maximum absolute atomic E-state index is 14.7. The third-order valence-electron chi connectivity index (χ3n) is 7.93. The van der Waals surface area contributed by atoms with Gasteiger partial charge in [-0.3, -0.25) is 15.0 Å². The van der Waals surface area contributed by atoms with Crippen molar-refractivity contribution in [3.8, 4) is 39.5 Å². The molecule has 1 aromatic carbocycles. The van der Waals surface area contributed by atoms with Gasteiger partial charge >= 0.3 is 0 Å². The number of ether oxygens (including phenoxy) is 1. The summed E-state index contributed by atoms with van der Waals surface area (Å²) in [6.07, 6.45) is 4.97. The second-order valence-electron chi connectivity index (χ2n) is 11.7. The minimum Gasteiger partial charge on any atom is -0.492 e. The lowest BCUT2D eigenvalue weighted by atomic mass is 10.0. The van der Waals surface area contributed by atoms with E-state index in [0.29, 0.717) is 65.8 Å². The number of aromatic amines is 2. The molecule has 5 aromatic heterocycles. The first-order valence-corrected chi connectivity index (χ1v) is 14.7. The highest BCUT2D eigenvalue weighted by Gasteiger charge is 2.37. The number of rotatable bonds is 9. The summed E-state index contributed by atoms with van der Waals surface area (Å²) in [5.41, 5.74) is 7.09. The van der Waals surface area contributed by atoms with Gasteiger partial charge in [0, 0.05) is 61.7 Å². The Balaban J connectivity index is 1.20. The van der Waals surface area contributed by atoms with Crippen LogP contribution in [0.5, 0.6) is 5.75 Å². The summed E-state index contributed by atoms with van der Waals surface area (Å²) in [4.78, 5) is 20.9. The number of H-pyrrole nitrogens is 2. The fourth-order valence-electron chi connectivity index (χ4n) is 5.72. The minimum absolute atomic E-state index is 0.124. The molecule has 0 aliphatic carbocycles. The molecule has 2 N–H and O–H groups in total. The van der Waals surface area contributed by atoms with Gasteiger partial charge < -0.3 is 14.6 Å². The Kier molecular flexibility index (Phi) is 7.46. The van der Waals surface area contributed by atoms with Crippen LogP contribution in [0.1, 0.15) is 12.0 Å². The van der Waals surface area contributed by atoms with Crippen molar-refractivity contribution in [2.45, 2.75) is 18.9 Å². The van der Waals surface area contributed by atoms with E-state index in [4.69, 9.17) is 9.72 Å². The Hall–Kier alpha value is -4.81. The van der Waals surface area contributed by atoms with E-state index in [0.717, 1.165) is 27.6 Å². The number of alkyl halides is 2. The van der Waals surface area contributed by atoms with Gasteiger partial charge in [-0.1, -0.05) is 0 Å². The summed E-state index contributed by atoms with van der Waals surface area (Å²) < 4.78 is 47.9. The first-order chi connectivity index (χ1) is 21.7. The van der Waals surface area contributed by atoms with Gasteiger partial charge in [-0.25, -0.2) is 23.1 Å². The standard InChI is InChI=1S/C33H31F3N8O/c1-43(2)9-10-45-24-13-21(12-23(34)14-24)25-5-7-38-32-26(25)15-29(40-32)31-30-28(41-42-31)4-3-27(39-30)22-11-20(16-37-17-22)18-44-8-6-33(35,36)19-44/h3-5,7,11-17H,6,8-10,18-19H2,1-2H3,(H,38,40)(H,41,42). The van der Waals surface area contributed by atoms with Gasteiger partial charge in [0.15, 0.2) is 0 Å². The normalized spacial score (nSPS) is 15.1. The molecule has 9 nitrogen and oxygen atoms in total. The van der Waals surface area contributed by atoms with Crippen LogP contribution in [-0.4, -0.2) is 86.2 Å². The maximum Gasteiger partial charge on any atom is 0.261 e. The van der Waals surface area contributed by atoms with E-state index in [9.17, 15) is 13.2 Å². The molecule has 7 rings (SSSR count). The predicted octanol–water partition coefficient (Wildman–Crippen LogP) is 6.15. The highest BCUT2D eigenvalue weighted by molar-refractivity contribution is 5.99. The molecule has 0 radical (unpaired) electrons. The average molecular weight is 613 g/mol. The smallest absolute Gasteiger partial charge is 0.261 e. The van der Waals surface area contributed by atoms with E-state index in [1.54, 1.807) is 23.5 Å². The highest BCUT2D eigenvalue weighted by Crippen LogP contribution is 2.35. The van der Waals surface area contributed by atoms with Gasteiger partial charge in [-0.2, -0.15) is 5.10 Å². The van der Waals surface area contributed by atoms with Crippen LogP contribution in [0.3, 0.4) is 0 Å². The van der Waals surface area contributed by atoms with Gasteiger partial charge in [0.1, 0.15) is 35.0 Å². The van der Waals surface area contributed by atoms with Gasteiger partial charge in [0.25, 0.3) is 5.92 Å². The largest absolute Gasteiger partial charge is 0.492 e. The molecule has 1 saturated heterocycles. The lowest BCUT2D eigenvalue weighted by Crippen LogP contribution is -2.24. The zero-order chi connectivity index (χ0) is 31.1. The van der Waals surface area contributed by atoms with E-state index < -0.39 is 5.92 Å². The number of hydrogen-bond acceptors (Lipinski definition) is 7. The fraction of sp³-hybridized carbons (Fsp3) is 0.273. The van der Waals surface area contributed by atoms with Crippen LogP contribution in [0, 0.1) is 5.82 Å². The van der Waals surface area contributed by atoms with Gasteiger partial charge in [-0.05, 0) is 73.3 Å². The number of benzene rings is 1. The van der Waals surface area contributed by atoms with Crippen molar-refractivity contribution in [2.75, 3.05) is 40.3 Å². The first kappa shape index (κ1) is 28.9. The molecule has 230 valence electrons. The second-order valence-corrected chi connectivity index (χ2v) is 11.7. The van der Waals surface area contributed by atoms with Crippen molar-refractivity contribution < 1.29 is 17.9 Å². The number of nitrogens with one attached hydrogen (secondary N) is 2. The molecule has 0 bridgehead atoms. The van der Waals surface area contributed by atoms with Crippen LogP contribution in [-0.2, 0) is 6.54 Å². The van der Waals surface area contributed by atoms with Crippen molar-refractivity contribution in [3.63, 3.8) is 0 Å². The number of aromatic nitrogens is 6. The molecule has 6 heterocycles. The van der Waals surface area contributed by atoms with Crippen LogP contribution >= 0.6 is 0 Å². The van der Waals surface area contributed by atoms with E-state index in [1.807, 2.05) is 55.4 Å². The Bertz CT molecular complexity index is 2000. The van der Waals surface area contributed by atoms with Crippen molar-refractivity contribution in [3.05, 3.63) is 78.5 Å². The molecular weight excluding hydrogens is 581 g/mol. The third-order valence-corrected chi connectivity index (χ3v) is 7.93. The number of fused-ring (bicyclic) bond motifs is 2. The zero-order valence-electron chi connectivity index (χ0n) is 24.8.